The van der Waals surface area contributed by atoms with Crippen LogP contribution in [0.4, 0.5) is 0 Å². The second kappa shape index (κ2) is 6.17. The highest BCUT2D eigenvalue weighted by atomic mass is 32.2. The Morgan fingerprint density at radius 2 is 1.88 bits per heavy atom. The van der Waals surface area contributed by atoms with E-state index in [9.17, 15) is 13.2 Å². The van der Waals surface area contributed by atoms with Gasteiger partial charge in [0.05, 0.1) is 4.90 Å². The maximum absolute atomic E-state index is 12.9. The van der Waals surface area contributed by atoms with Gasteiger partial charge in [0.25, 0.3) is 0 Å². The Labute approximate surface area is 156 Å². The van der Waals surface area contributed by atoms with E-state index in [4.69, 9.17) is 0 Å². The van der Waals surface area contributed by atoms with Crippen molar-refractivity contribution in [2.24, 2.45) is 16.7 Å². The van der Waals surface area contributed by atoms with Crippen LogP contribution >= 0.6 is 0 Å². The summed E-state index contributed by atoms with van der Waals surface area (Å²) in [5.74, 6) is 0.527. The SMILES string of the molecule is C=C(C)CNS(=O)(=O)c1ccc(C=C2C(=O)C3(C)CCC2C3(C)C)cc1. The van der Waals surface area contributed by atoms with Crippen LogP contribution in [0.5, 0.6) is 0 Å². The van der Waals surface area contributed by atoms with Crippen molar-refractivity contribution in [3.8, 4) is 0 Å². The molecule has 0 radical (unpaired) electrons. The van der Waals surface area contributed by atoms with Gasteiger partial charge in [0, 0.05) is 12.0 Å². The number of benzene rings is 1. The fraction of sp³-hybridized carbons (Fsp3) is 0.476. The second-order valence-corrected chi connectivity index (χ2v) is 10.2. The van der Waals surface area contributed by atoms with Crippen molar-refractivity contribution in [2.75, 3.05) is 6.54 Å². The average Bonchev–Trinajstić information content (AvgIpc) is 2.88. The zero-order valence-electron chi connectivity index (χ0n) is 15.9. The van der Waals surface area contributed by atoms with Crippen LogP contribution in [-0.4, -0.2) is 20.7 Å². The molecule has 0 aromatic heterocycles. The minimum atomic E-state index is -3.55. The van der Waals surface area contributed by atoms with Gasteiger partial charge in [0.2, 0.25) is 10.0 Å². The largest absolute Gasteiger partial charge is 0.294 e. The van der Waals surface area contributed by atoms with Gasteiger partial charge in [-0.15, -0.1) is 0 Å². The van der Waals surface area contributed by atoms with E-state index in [0.29, 0.717) is 0 Å². The first kappa shape index (κ1) is 19.1. The third-order valence-corrected chi connectivity index (χ3v) is 7.86. The molecule has 2 aliphatic carbocycles. The molecule has 140 valence electrons. The summed E-state index contributed by atoms with van der Waals surface area (Å²) in [4.78, 5) is 13.1. The topological polar surface area (TPSA) is 63.2 Å². The lowest BCUT2D eigenvalue weighted by Gasteiger charge is -2.31. The Balaban J connectivity index is 1.86. The summed E-state index contributed by atoms with van der Waals surface area (Å²) in [6, 6.07) is 6.68. The number of hydrogen-bond acceptors (Lipinski definition) is 3. The quantitative estimate of drug-likeness (QED) is 0.628. The first-order valence-corrected chi connectivity index (χ1v) is 10.5. The van der Waals surface area contributed by atoms with Crippen molar-refractivity contribution < 1.29 is 13.2 Å². The van der Waals surface area contributed by atoms with E-state index in [1.807, 2.05) is 6.08 Å². The lowest BCUT2D eigenvalue weighted by Crippen LogP contribution is -2.32. The third kappa shape index (κ3) is 2.87. The van der Waals surface area contributed by atoms with Gasteiger partial charge in [-0.05, 0) is 60.4 Å². The number of carbonyl (C=O) groups is 1. The Morgan fingerprint density at radius 3 is 2.38 bits per heavy atom. The number of ketones is 1. The van der Waals surface area contributed by atoms with Crippen molar-refractivity contribution in [3.63, 3.8) is 0 Å². The van der Waals surface area contributed by atoms with Gasteiger partial charge < -0.3 is 0 Å². The molecule has 2 aliphatic rings. The minimum Gasteiger partial charge on any atom is -0.294 e. The summed E-state index contributed by atoms with van der Waals surface area (Å²) in [5.41, 5.74) is 2.20. The van der Waals surface area contributed by atoms with Crippen LogP contribution in [0.3, 0.4) is 0 Å². The summed E-state index contributed by atoms with van der Waals surface area (Å²) in [7, 11) is -3.55. The first-order chi connectivity index (χ1) is 12.0. The van der Waals surface area contributed by atoms with Crippen LogP contribution in [0.1, 0.15) is 46.1 Å². The van der Waals surface area contributed by atoms with E-state index in [1.165, 1.54) is 0 Å². The van der Waals surface area contributed by atoms with E-state index in [1.54, 1.807) is 31.2 Å². The maximum Gasteiger partial charge on any atom is 0.240 e. The third-order valence-electron chi connectivity index (χ3n) is 6.44. The lowest BCUT2D eigenvalue weighted by molar-refractivity contribution is -0.125. The summed E-state index contributed by atoms with van der Waals surface area (Å²) in [6.45, 7) is 12.1. The maximum atomic E-state index is 12.9. The lowest BCUT2D eigenvalue weighted by atomic mass is 9.70. The van der Waals surface area contributed by atoms with Gasteiger partial charge in [-0.3, -0.25) is 4.79 Å². The average molecular weight is 374 g/mol. The first-order valence-electron chi connectivity index (χ1n) is 8.99. The Hall–Kier alpha value is -1.72. The molecule has 2 fully saturated rings. The molecule has 0 saturated heterocycles. The van der Waals surface area contributed by atoms with Gasteiger partial charge in [-0.25, -0.2) is 13.1 Å². The molecule has 1 aromatic carbocycles. The fourth-order valence-corrected chi connectivity index (χ4v) is 5.42. The predicted octanol–water partition coefficient (Wildman–Crippen LogP) is 3.95. The van der Waals surface area contributed by atoms with Crippen LogP contribution in [0, 0.1) is 16.7 Å². The van der Waals surface area contributed by atoms with Gasteiger partial charge in [0.15, 0.2) is 5.78 Å². The van der Waals surface area contributed by atoms with E-state index in [0.717, 1.165) is 29.6 Å². The highest BCUT2D eigenvalue weighted by Crippen LogP contribution is 2.65. The van der Waals surface area contributed by atoms with Crippen LogP contribution in [-0.2, 0) is 14.8 Å². The summed E-state index contributed by atoms with van der Waals surface area (Å²) in [5, 5.41) is 0. The van der Waals surface area contributed by atoms with Crippen molar-refractivity contribution in [2.45, 2.75) is 45.4 Å². The molecule has 5 heteroatoms. The predicted molar refractivity (Wildman–Crippen MR) is 104 cm³/mol. The standard InChI is InChI=1S/C21H27NO3S/c1-14(2)13-22-26(24,25)16-8-6-15(7-9-16)12-17-18-10-11-21(5,19(17)23)20(18,3)4/h6-9,12,18,22H,1,10-11,13H2,2-5H3. The summed E-state index contributed by atoms with van der Waals surface area (Å²) >= 11 is 0. The second-order valence-electron chi connectivity index (χ2n) is 8.42. The number of fused-ring (bicyclic) bond motifs is 2. The summed E-state index contributed by atoms with van der Waals surface area (Å²) < 4.78 is 27.0. The molecule has 2 unspecified atom stereocenters. The van der Waals surface area contributed by atoms with Gasteiger partial charge in [-0.1, -0.05) is 45.1 Å². The number of hydrogen-bond donors (Lipinski definition) is 1. The summed E-state index contributed by atoms with van der Waals surface area (Å²) in [6.07, 6.45) is 3.93. The van der Waals surface area contributed by atoms with Gasteiger partial charge in [0.1, 0.15) is 0 Å². The monoisotopic (exact) mass is 373 g/mol. The molecule has 4 nitrogen and oxygen atoms in total. The van der Waals surface area contributed by atoms with Crippen molar-refractivity contribution in [1.82, 2.24) is 4.72 Å². The number of rotatable bonds is 5. The zero-order valence-corrected chi connectivity index (χ0v) is 16.7. The van der Waals surface area contributed by atoms with E-state index < -0.39 is 10.0 Å². The van der Waals surface area contributed by atoms with Crippen molar-refractivity contribution in [3.05, 3.63) is 47.6 Å². The van der Waals surface area contributed by atoms with Crippen molar-refractivity contribution >= 4 is 21.9 Å². The highest BCUT2D eigenvalue weighted by molar-refractivity contribution is 7.89. The zero-order chi connectivity index (χ0) is 19.3. The van der Waals surface area contributed by atoms with E-state index >= 15 is 0 Å². The van der Waals surface area contributed by atoms with Crippen LogP contribution in [0.15, 0.2) is 46.9 Å². The normalized spacial score (nSPS) is 28.7. The molecule has 26 heavy (non-hydrogen) atoms. The number of carbonyl (C=O) groups excluding carboxylic acids is 1. The molecule has 1 N–H and O–H groups in total. The number of nitrogens with one attached hydrogen (secondary N) is 1. The molecular weight excluding hydrogens is 346 g/mol. The highest BCUT2D eigenvalue weighted by Gasteiger charge is 2.63. The van der Waals surface area contributed by atoms with Crippen LogP contribution < -0.4 is 4.72 Å². The molecule has 1 aromatic rings. The fourth-order valence-electron chi connectivity index (χ4n) is 4.32. The van der Waals surface area contributed by atoms with E-state index in [-0.39, 0.29) is 34.0 Å². The molecule has 2 saturated carbocycles. The molecular formula is C21H27NO3S. The molecule has 0 amide bonds. The Kier molecular flexibility index (Phi) is 4.52. The Bertz CT molecular complexity index is 894. The van der Waals surface area contributed by atoms with Crippen LogP contribution in [0.2, 0.25) is 0 Å². The number of allylic oxidation sites excluding steroid dienone is 1. The minimum absolute atomic E-state index is 0.0222. The number of sulfonamides is 1. The van der Waals surface area contributed by atoms with Crippen molar-refractivity contribution in [1.29, 1.82) is 0 Å². The molecule has 2 atom stereocenters. The molecule has 0 heterocycles. The molecule has 0 spiro atoms. The van der Waals surface area contributed by atoms with Crippen LogP contribution in [0.25, 0.3) is 6.08 Å². The number of Topliss-reactive ketones (excluding diaryl/α,β-unsaturated/α-hetero) is 1. The molecule has 2 bridgehead atoms. The van der Waals surface area contributed by atoms with Gasteiger partial charge in [-0.2, -0.15) is 0 Å². The molecule has 0 aliphatic heterocycles. The Morgan fingerprint density at radius 1 is 1.27 bits per heavy atom. The smallest absolute Gasteiger partial charge is 0.240 e. The van der Waals surface area contributed by atoms with Gasteiger partial charge >= 0.3 is 0 Å². The van der Waals surface area contributed by atoms with E-state index in [2.05, 4.69) is 32.1 Å². The molecule has 3 rings (SSSR count).